The van der Waals surface area contributed by atoms with E-state index in [0.29, 0.717) is 25.0 Å². The molecule has 2 unspecified atom stereocenters. The Morgan fingerprint density at radius 3 is 2.79 bits per heavy atom. The first-order valence-corrected chi connectivity index (χ1v) is 6.44. The molecule has 2 atom stereocenters. The highest BCUT2D eigenvalue weighted by molar-refractivity contribution is 5.94. The van der Waals surface area contributed by atoms with Crippen LogP contribution < -0.4 is 5.32 Å². The summed E-state index contributed by atoms with van der Waals surface area (Å²) in [4.78, 5) is 13.8. The fraction of sp³-hybridized carbons (Fsp3) is 0.500. The Labute approximate surface area is 111 Å². The fourth-order valence-corrected chi connectivity index (χ4v) is 2.59. The van der Waals surface area contributed by atoms with Crippen molar-refractivity contribution in [3.8, 4) is 0 Å². The van der Waals surface area contributed by atoms with Gasteiger partial charge in [0.05, 0.1) is 5.56 Å². The van der Waals surface area contributed by atoms with Crippen LogP contribution in [-0.2, 0) is 0 Å². The van der Waals surface area contributed by atoms with E-state index in [1.807, 2.05) is 14.0 Å². The summed E-state index contributed by atoms with van der Waals surface area (Å²) in [7, 11) is 1.89. The summed E-state index contributed by atoms with van der Waals surface area (Å²) in [5, 5.41) is 3.20. The summed E-state index contributed by atoms with van der Waals surface area (Å²) in [5.41, 5.74) is -0.185. The van der Waals surface area contributed by atoms with Crippen LogP contribution in [0.15, 0.2) is 18.2 Å². The van der Waals surface area contributed by atoms with Gasteiger partial charge in [0.15, 0.2) is 0 Å². The van der Waals surface area contributed by atoms with Gasteiger partial charge in [-0.2, -0.15) is 0 Å². The first-order chi connectivity index (χ1) is 9.02. The summed E-state index contributed by atoms with van der Waals surface area (Å²) >= 11 is 0. The summed E-state index contributed by atoms with van der Waals surface area (Å²) in [6, 6.07) is 3.34. The number of amides is 1. The van der Waals surface area contributed by atoms with E-state index < -0.39 is 17.5 Å². The Kier molecular flexibility index (Phi) is 4.14. The number of carbonyl (C=O) groups is 1. The molecule has 1 heterocycles. The molecular weight excluding hydrogens is 250 g/mol. The molecule has 1 aliphatic rings. The topological polar surface area (TPSA) is 32.3 Å². The molecule has 3 nitrogen and oxygen atoms in total. The molecule has 104 valence electrons. The molecule has 0 saturated carbocycles. The van der Waals surface area contributed by atoms with E-state index in [2.05, 4.69) is 5.32 Å². The molecule has 1 aromatic rings. The largest absolute Gasteiger partial charge is 0.338 e. The lowest BCUT2D eigenvalue weighted by atomic mass is 9.93. The summed E-state index contributed by atoms with van der Waals surface area (Å²) in [6.45, 7) is 3.16. The molecule has 5 heteroatoms. The van der Waals surface area contributed by atoms with Crippen LogP contribution in [0.25, 0.3) is 0 Å². The Hall–Kier alpha value is -1.49. The van der Waals surface area contributed by atoms with E-state index in [1.54, 1.807) is 4.90 Å². The Bertz CT molecular complexity index is 479. The van der Waals surface area contributed by atoms with Crippen molar-refractivity contribution in [1.82, 2.24) is 10.2 Å². The number of piperidine rings is 1. The van der Waals surface area contributed by atoms with E-state index >= 15 is 0 Å². The number of halogens is 2. The minimum Gasteiger partial charge on any atom is -0.338 e. The summed E-state index contributed by atoms with van der Waals surface area (Å²) in [6.07, 6.45) is 0.820. The van der Waals surface area contributed by atoms with Crippen molar-refractivity contribution in [2.45, 2.75) is 19.4 Å². The molecule has 19 heavy (non-hydrogen) atoms. The van der Waals surface area contributed by atoms with E-state index in [9.17, 15) is 13.6 Å². The van der Waals surface area contributed by atoms with Crippen molar-refractivity contribution in [2.24, 2.45) is 5.92 Å². The van der Waals surface area contributed by atoms with Crippen LogP contribution >= 0.6 is 0 Å². The summed E-state index contributed by atoms with van der Waals surface area (Å²) < 4.78 is 26.7. The zero-order chi connectivity index (χ0) is 14.0. The maximum absolute atomic E-state index is 13.6. The maximum atomic E-state index is 13.6. The molecule has 1 aromatic carbocycles. The number of rotatable bonds is 2. The average Bonchev–Trinajstić information content (AvgIpc) is 2.40. The second-order valence-corrected chi connectivity index (χ2v) is 5.04. The molecule has 1 aliphatic heterocycles. The van der Waals surface area contributed by atoms with Crippen LogP contribution in [0.1, 0.15) is 23.7 Å². The van der Waals surface area contributed by atoms with Crippen molar-refractivity contribution in [2.75, 3.05) is 20.1 Å². The van der Waals surface area contributed by atoms with Crippen molar-refractivity contribution in [1.29, 1.82) is 0 Å². The van der Waals surface area contributed by atoms with Crippen LogP contribution in [-0.4, -0.2) is 37.0 Å². The Balaban J connectivity index is 2.14. The lowest BCUT2D eigenvalue weighted by molar-refractivity contribution is 0.0644. The van der Waals surface area contributed by atoms with E-state index in [-0.39, 0.29) is 5.56 Å². The van der Waals surface area contributed by atoms with Crippen molar-refractivity contribution in [3.05, 3.63) is 35.4 Å². The SMILES string of the molecule is CNC1CCN(C(=O)c2cc(F)ccc2F)CC1C. The van der Waals surface area contributed by atoms with E-state index in [1.165, 1.54) is 0 Å². The number of nitrogens with one attached hydrogen (secondary N) is 1. The first kappa shape index (κ1) is 13.9. The van der Waals surface area contributed by atoms with E-state index in [0.717, 1.165) is 24.6 Å². The minimum absolute atomic E-state index is 0.185. The number of hydrogen-bond donors (Lipinski definition) is 1. The molecule has 1 saturated heterocycles. The van der Waals surface area contributed by atoms with Gasteiger partial charge in [0.1, 0.15) is 11.6 Å². The lowest BCUT2D eigenvalue weighted by Gasteiger charge is -2.36. The van der Waals surface area contributed by atoms with Crippen molar-refractivity contribution < 1.29 is 13.6 Å². The zero-order valence-electron chi connectivity index (χ0n) is 11.1. The maximum Gasteiger partial charge on any atom is 0.256 e. The van der Waals surface area contributed by atoms with Gasteiger partial charge in [-0.25, -0.2) is 8.78 Å². The van der Waals surface area contributed by atoms with Gasteiger partial charge < -0.3 is 10.2 Å². The Morgan fingerprint density at radius 1 is 1.42 bits per heavy atom. The molecule has 0 bridgehead atoms. The highest BCUT2D eigenvalue weighted by atomic mass is 19.1. The predicted molar refractivity (Wildman–Crippen MR) is 68.9 cm³/mol. The van der Waals surface area contributed by atoms with Gasteiger partial charge >= 0.3 is 0 Å². The quantitative estimate of drug-likeness (QED) is 0.890. The van der Waals surface area contributed by atoms with Gasteiger partial charge in [-0.1, -0.05) is 6.92 Å². The van der Waals surface area contributed by atoms with Crippen LogP contribution in [0.4, 0.5) is 8.78 Å². The third kappa shape index (κ3) is 2.92. The van der Waals surface area contributed by atoms with Crippen molar-refractivity contribution >= 4 is 5.91 Å². The number of likely N-dealkylation sites (tertiary alicyclic amines) is 1. The monoisotopic (exact) mass is 268 g/mol. The van der Waals surface area contributed by atoms with Crippen LogP contribution in [0, 0.1) is 17.6 Å². The number of nitrogens with zero attached hydrogens (tertiary/aromatic N) is 1. The molecule has 2 rings (SSSR count). The Morgan fingerprint density at radius 2 is 2.16 bits per heavy atom. The summed E-state index contributed by atoms with van der Waals surface area (Å²) in [5.74, 6) is -1.41. The zero-order valence-corrected chi connectivity index (χ0v) is 11.1. The standard InChI is InChI=1S/C14H18F2N2O/c1-9-8-18(6-5-13(9)17-2)14(19)11-7-10(15)3-4-12(11)16/h3-4,7,9,13,17H,5-6,8H2,1-2H3. The number of hydrogen-bond acceptors (Lipinski definition) is 2. The number of carbonyl (C=O) groups excluding carboxylic acids is 1. The van der Waals surface area contributed by atoms with Gasteiger partial charge in [-0.3, -0.25) is 4.79 Å². The van der Waals surface area contributed by atoms with Gasteiger partial charge in [0.2, 0.25) is 0 Å². The molecule has 0 radical (unpaired) electrons. The van der Waals surface area contributed by atoms with Crippen LogP contribution in [0.2, 0.25) is 0 Å². The van der Waals surface area contributed by atoms with Gasteiger partial charge in [0.25, 0.3) is 5.91 Å². The third-order valence-electron chi connectivity index (χ3n) is 3.72. The molecule has 1 N–H and O–H groups in total. The smallest absolute Gasteiger partial charge is 0.256 e. The van der Waals surface area contributed by atoms with Crippen LogP contribution in [0.3, 0.4) is 0 Å². The first-order valence-electron chi connectivity index (χ1n) is 6.44. The average molecular weight is 268 g/mol. The van der Waals surface area contributed by atoms with E-state index in [4.69, 9.17) is 0 Å². The molecule has 0 aliphatic carbocycles. The third-order valence-corrected chi connectivity index (χ3v) is 3.72. The van der Waals surface area contributed by atoms with Crippen molar-refractivity contribution in [3.63, 3.8) is 0 Å². The molecule has 1 amide bonds. The van der Waals surface area contributed by atoms with Crippen LogP contribution in [0.5, 0.6) is 0 Å². The molecule has 0 spiro atoms. The normalized spacial score (nSPS) is 23.5. The number of benzene rings is 1. The molecular formula is C14H18F2N2O. The second kappa shape index (κ2) is 5.65. The molecule has 0 aromatic heterocycles. The van der Waals surface area contributed by atoms with Gasteiger partial charge in [0, 0.05) is 19.1 Å². The predicted octanol–water partition coefficient (Wildman–Crippen LogP) is 2.03. The van der Waals surface area contributed by atoms with Gasteiger partial charge in [-0.05, 0) is 37.6 Å². The fourth-order valence-electron chi connectivity index (χ4n) is 2.59. The van der Waals surface area contributed by atoms with Gasteiger partial charge in [-0.15, -0.1) is 0 Å². The lowest BCUT2D eigenvalue weighted by Crippen LogP contribution is -2.49. The molecule has 1 fully saturated rings. The highest BCUT2D eigenvalue weighted by Crippen LogP contribution is 2.20. The highest BCUT2D eigenvalue weighted by Gasteiger charge is 2.29. The second-order valence-electron chi connectivity index (χ2n) is 5.04. The minimum atomic E-state index is -0.671.